The minimum atomic E-state index is -1.66. The predicted molar refractivity (Wildman–Crippen MR) is 256 cm³/mol. The first-order chi connectivity index (χ1) is 32.3. The average molecular weight is 928 g/mol. The number of nitrogens with one attached hydrogen (secondary N) is 1. The molecule has 4 aromatic carbocycles. The molecule has 6 aromatic rings. The highest BCUT2D eigenvalue weighted by Gasteiger charge is 2.45. The van der Waals surface area contributed by atoms with E-state index in [1.54, 1.807) is 58.7 Å². The number of esters is 1. The molecule has 4 atom stereocenters. The highest BCUT2D eigenvalue weighted by molar-refractivity contribution is 7.51. The average Bonchev–Trinajstić information content (AvgIpc) is 3.94. The van der Waals surface area contributed by atoms with Gasteiger partial charge < -0.3 is 33.5 Å². The van der Waals surface area contributed by atoms with Crippen LogP contribution in [-0.4, -0.2) is 92.9 Å². The van der Waals surface area contributed by atoms with Crippen LogP contribution >= 0.6 is 8.30 Å². The number of imidazole rings is 1. The predicted octanol–water partition coefficient (Wildman–Crippen LogP) is 9.44. The summed E-state index contributed by atoms with van der Waals surface area (Å²) in [5.41, 5.74) is 1.69. The number of nitriles is 1. The summed E-state index contributed by atoms with van der Waals surface area (Å²) in [6.45, 7) is 11.8. The van der Waals surface area contributed by atoms with E-state index in [-0.39, 0.29) is 43.0 Å². The number of methoxy groups -OCH3 is 2. The molecule has 1 aliphatic heterocycles. The van der Waals surface area contributed by atoms with Crippen molar-refractivity contribution in [3.63, 3.8) is 0 Å². The fourth-order valence-corrected chi connectivity index (χ4v) is 10.7. The number of amides is 1. The molecule has 1 N–H and O–H groups in total. The van der Waals surface area contributed by atoms with Gasteiger partial charge in [0.2, 0.25) is 0 Å². The second-order valence-electron chi connectivity index (χ2n) is 17.3. The number of fused-ring (bicyclic) bond motifs is 1. The molecule has 2 aromatic heterocycles. The third kappa shape index (κ3) is 11.1. The lowest BCUT2D eigenvalue weighted by Gasteiger charge is -2.40. The van der Waals surface area contributed by atoms with Crippen LogP contribution in [-0.2, 0) is 29.1 Å². The molecule has 1 aliphatic rings. The summed E-state index contributed by atoms with van der Waals surface area (Å²) in [6.07, 6.45) is 1.30. The van der Waals surface area contributed by atoms with Gasteiger partial charge in [-0.25, -0.2) is 15.0 Å². The molecule has 0 saturated carbocycles. The van der Waals surface area contributed by atoms with Gasteiger partial charge in [0.05, 0.1) is 45.7 Å². The molecule has 67 heavy (non-hydrogen) atoms. The Kier molecular flexibility index (Phi) is 15.7. The Morgan fingerprint density at radius 1 is 0.851 bits per heavy atom. The van der Waals surface area contributed by atoms with Crippen molar-refractivity contribution in [3.8, 4) is 17.6 Å². The number of hydrogen-bond donors (Lipinski definition) is 1. The van der Waals surface area contributed by atoms with E-state index in [1.807, 2.05) is 89.5 Å². The van der Waals surface area contributed by atoms with Crippen molar-refractivity contribution in [2.75, 3.05) is 32.3 Å². The van der Waals surface area contributed by atoms with Gasteiger partial charge in [0, 0.05) is 24.1 Å². The molecule has 1 saturated heterocycles. The van der Waals surface area contributed by atoms with Crippen LogP contribution in [0.25, 0.3) is 11.2 Å². The van der Waals surface area contributed by atoms with Crippen LogP contribution in [0, 0.1) is 11.3 Å². The van der Waals surface area contributed by atoms with Crippen molar-refractivity contribution in [3.05, 3.63) is 144 Å². The topological polar surface area (TPSA) is 172 Å². The van der Waals surface area contributed by atoms with Crippen LogP contribution in [0.2, 0.25) is 0 Å². The standard InChI is InChI=1S/C51H58N7O8P/c1-34(2)58(35(3)4)67(31-45(59)65-50(5,6)27-28-52)66-42-29-44(57-33-55-46-47(53-32-54-48(46)57)56-49(60)36-15-11-9-12-16-36)64-43(42)30-63-51(37-17-13-10-14-18-37,38-19-23-40(61-7)24-20-38)39-21-25-41(62-8)26-22-39/h9-26,32-35,42-44H,27,29-31H2,1-8H3,(H,53,54,56,60)/t42-,43+,44+,67?/m0/s1. The fraction of sp³-hybridized carbons (Fsp3) is 0.373. The highest BCUT2D eigenvalue weighted by atomic mass is 31.2. The van der Waals surface area contributed by atoms with Crippen molar-refractivity contribution in [2.24, 2.45) is 0 Å². The molecule has 350 valence electrons. The van der Waals surface area contributed by atoms with Gasteiger partial charge in [0.1, 0.15) is 55.8 Å². The summed E-state index contributed by atoms with van der Waals surface area (Å²) >= 11 is 0. The summed E-state index contributed by atoms with van der Waals surface area (Å²) in [4.78, 5) is 40.7. The lowest BCUT2D eigenvalue weighted by molar-refractivity contribution is -0.152. The first-order valence-corrected chi connectivity index (χ1v) is 23.7. The molecular weight excluding hydrogens is 870 g/mol. The zero-order valence-corrected chi connectivity index (χ0v) is 40.1. The molecule has 0 radical (unpaired) electrons. The summed E-state index contributed by atoms with van der Waals surface area (Å²) in [7, 11) is 1.60. The van der Waals surface area contributed by atoms with Crippen molar-refractivity contribution in [1.29, 1.82) is 5.26 Å². The second-order valence-corrected chi connectivity index (χ2v) is 19.0. The number of nitrogens with zero attached hydrogens (tertiary/aromatic N) is 6. The maximum Gasteiger partial charge on any atom is 0.314 e. The number of carbonyl (C=O) groups is 2. The van der Waals surface area contributed by atoms with E-state index >= 15 is 0 Å². The third-order valence-electron chi connectivity index (χ3n) is 11.5. The Balaban J connectivity index is 1.30. The molecule has 1 unspecified atom stereocenters. The van der Waals surface area contributed by atoms with Gasteiger partial charge in [0.15, 0.2) is 17.0 Å². The minimum Gasteiger partial charge on any atom is -0.497 e. The largest absolute Gasteiger partial charge is 0.497 e. The third-order valence-corrected chi connectivity index (χ3v) is 14.0. The molecule has 0 spiro atoms. The summed E-state index contributed by atoms with van der Waals surface area (Å²) in [6, 6.07) is 36.6. The van der Waals surface area contributed by atoms with E-state index in [0.717, 1.165) is 16.7 Å². The zero-order valence-electron chi connectivity index (χ0n) is 39.2. The smallest absolute Gasteiger partial charge is 0.314 e. The van der Waals surface area contributed by atoms with Crippen molar-refractivity contribution in [1.82, 2.24) is 24.2 Å². The van der Waals surface area contributed by atoms with Crippen molar-refractivity contribution < 1.29 is 37.8 Å². The molecule has 16 heteroatoms. The van der Waals surface area contributed by atoms with Gasteiger partial charge in [-0.3, -0.25) is 18.8 Å². The summed E-state index contributed by atoms with van der Waals surface area (Å²) in [5, 5.41) is 12.3. The number of ether oxygens (including phenoxy) is 5. The quantitative estimate of drug-likeness (QED) is 0.0436. The van der Waals surface area contributed by atoms with Crippen LogP contribution < -0.4 is 14.8 Å². The summed E-state index contributed by atoms with van der Waals surface area (Å²) < 4.78 is 42.7. The Morgan fingerprint density at radius 2 is 1.43 bits per heavy atom. The normalized spacial score (nSPS) is 16.8. The van der Waals surface area contributed by atoms with Gasteiger partial charge in [-0.15, -0.1) is 0 Å². The van der Waals surface area contributed by atoms with Crippen molar-refractivity contribution >= 4 is 37.2 Å². The van der Waals surface area contributed by atoms with E-state index in [4.69, 9.17) is 28.2 Å². The maximum atomic E-state index is 13.8. The van der Waals surface area contributed by atoms with Crippen LogP contribution in [0.15, 0.2) is 122 Å². The summed E-state index contributed by atoms with van der Waals surface area (Å²) in [5.74, 6) is 0.832. The Morgan fingerprint density at radius 3 is 2.00 bits per heavy atom. The molecule has 0 aliphatic carbocycles. The van der Waals surface area contributed by atoms with Crippen LogP contribution in [0.1, 0.15) is 87.7 Å². The number of rotatable bonds is 20. The molecule has 0 bridgehead atoms. The SMILES string of the molecule is COc1ccc(C(OC[C@H]2O[C@@H](n3cnc4c(NC(=O)c5ccccc5)ncnc43)C[C@@H]2OP(CC(=O)OC(C)(C)CC#N)N(C(C)C)C(C)C)(c2ccccc2)c2ccc(OC)cc2)cc1. The first-order valence-electron chi connectivity index (χ1n) is 22.3. The van der Waals surface area contributed by atoms with E-state index < -0.39 is 43.9 Å². The van der Waals surface area contributed by atoms with Crippen LogP contribution in [0.4, 0.5) is 5.82 Å². The number of hydrogen-bond acceptors (Lipinski definition) is 13. The number of carbonyl (C=O) groups excluding carboxylic acids is 2. The first kappa shape index (κ1) is 48.7. The molecule has 7 rings (SSSR count). The van der Waals surface area contributed by atoms with Gasteiger partial charge in [-0.05, 0) is 94.6 Å². The molecule has 1 fully saturated rings. The number of anilines is 1. The van der Waals surface area contributed by atoms with Gasteiger partial charge in [-0.2, -0.15) is 5.26 Å². The Bertz CT molecular complexity index is 2570. The maximum absolute atomic E-state index is 13.8. The molecule has 15 nitrogen and oxygen atoms in total. The van der Waals surface area contributed by atoms with Crippen LogP contribution in [0.5, 0.6) is 11.5 Å². The molecular formula is C51H58N7O8P. The van der Waals surface area contributed by atoms with E-state index in [2.05, 4.69) is 58.7 Å². The van der Waals surface area contributed by atoms with Crippen LogP contribution in [0.3, 0.4) is 0 Å². The fourth-order valence-electron chi connectivity index (χ4n) is 8.46. The van der Waals surface area contributed by atoms with Gasteiger partial charge in [0.25, 0.3) is 5.91 Å². The Hall–Kier alpha value is -6.27. The zero-order chi connectivity index (χ0) is 47.7. The number of benzene rings is 4. The van der Waals surface area contributed by atoms with Gasteiger partial charge >= 0.3 is 5.97 Å². The van der Waals surface area contributed by atoms with E-state index in [9.17, 15) is 14.9 Å². The lowest BCUT2D eigenvalue weighted by Crippen LogP contribution is -2.40. The highest BCUT2D eigenvalue weighted by Crippen LogP contribution is 2.50. The van der Waals surface area contributed by atoms with Gasteiger partial charge in [-0.1, -0.05) is 72.8 Å². The monoisotopic (exact) mass is 927 g/mol. The Labute approximate surface area is 393 Å². The molecule has 3 heterocycles. The minimum absolute atomic E-state index is 0.00599. The number of aromatic nitrogens is 4. The van der Waals surface area contributed by atoms with E-state index in [1.165, 1.54) is 6.33 Å². The van der Waals surface area contributed by atoms with Crippen molar-refractivity contribution in [2.45, 2.75) is 96.1 Å². The second kappa shape index (κ2) is 21.6. The van der Waals surface area contributed by atoms with E-state index in [0.29, 0.717) is 34.6 Å². The lowest BCUT2D eigenvalue weighted by atomic mass is 9.80. The molecule has 1 amide bonds.